The number of thioether (sulfide) groups is 1. The highest BCUT2D eigenvalue weighted by molar-refractivity contribution is 8.00. The molecule has 0 aliphatic carbocycles. The SMILES string of the molecule is COC(=O)c1c(C)[nH]c(C(=O)C(C)Sc2nnc3c(Cl)cc(C(F)(F)F)cn23)c1C. The third-order valence-electron chi connectivity index (χ3n) is 4.48. The number of fused-ring (bicyclic) bond motifs is 1. The number of carbonyl (C=O) groups excluding carboxylic acids is 2. The van der Waals surface area contributed by atoms with Crippen molar-refractivity contribution in [2.24, 2.45) is 0 Å². The van der Waals surface area contributed by atoms with E-state index in [9.17, 15) is 22.8 Å². The number of nitrogens with zero attached hydrogens (tertiary/aromatic N) is 3. The molecular formula is C18H16ClF3N4O3S. The molecule has 3 aromatic rings. The van der Waals surface area contributed by atoms with Gasteiger partial charge in [0.1, 0.15) is 0 Å². The van der Waals surface area contributed by atoms with Crippen LogP contribution in [0.2, 0.25) is 5.02 Å². The summed E-state index contributed by atoms with van der Waals surface area (Å²) in [5.41, 5.74) is 0.494. The largest absolute Gasteiger partial charge is 0.465 e. The van der Waals surface area contributed by atoms with Crippen LogP contribution < -0.4 is 0 Å². The zero-order chi connectivity index (χ0) is 22.4. The molecule has 0 amide bonds. The van der Waals surface area contributed by atoms with E-state index in [1.807, 2.05) is 0 Å². The van der Waals surface area contributed by atoms with E-state index in [-0.39, 0.29) is 32.9 Å². The number of hydrogen-bond acceptors (Lipinski definition) is 6. The van der Waals surface area contributed by atoms with Crippen LogP contribution in [0.4, 0.5) is 13.2 Å². The number of esters is 1. The number of alkyl halides is 3. The van der Waals surface area contributed by atoms with Gasteiger partial charge in [0, 0.05) is 11.9 Å². The summed E-state index contributed by atoms with van der Waals surface area (Å²) in [5.74, 6) is -0.927. The molecule has 0 saturated heterocycles. The van der Waals surface area contributed by atoms with Gasteiger partial charge in [0.2, 0.25) is 0 Å². The molecule has 160 valence electrons. The molecule has 12 heteroatoms. The Morgan fingerprint density at radius 1 is 1.30 bits per heavy atom. The molecule has 0 radical (unpaired) electrons. The summed E-state index contributed by atoms with van der Waals surface area (Å²) < 4.78 is 45.2. The van der Waals surface area contributed by atoms with Gasteiger partial charge in [-0.3, -0.25) is 9.20 Å². The monoisotopic (exact) mass is 460 g/mol. The second-order valence-corrected chi connectivity index (χ2v) is 8.21. The highest BCUT2D eigenvalue weighted by atomic mass is 35.5. The molecule has 0 bridgehead atoms. The van der Waals surface area contributed by atoms with Crippen LogP contribution in [0.1, 0.15) is 44.6 Å². The Labute approximate surface area is 178 Å². The van der Waals surface area contributed by atoms with Crippen molar-refractivity contribution in [2.75, 3.05) is 7.11 Å². The maximum Gasteiger partial charge on any atom is 0.417 e. The van der Waals surface area contributed by atoms with Gasteiger partial charge in [0.05, 0.1) is 34.2 Å². The molecule has 0 saturated carbocycles. The zero-order valence-corrected chi connectivity index (χ0v) is 17.8. The van der Waals surface area contributed by atoms with E-state index < -0.39 is 23.0 Å². The molecule has 7 nitrogen and oxygen atoms in total. The Kier molecular flexibility index (Phi) is 5.87. The number of methoxy groups -OCH3 is 1. The number of rotatable bonds is 5. The molecule has 0 spiro atoms. The average molecular weight is 461 g/mol. The smallest absolute Gasteiger partial charge is 0.417 e. The van der Waals surface area contributed by atoms with Crippen molar-refractivity contribution in [3.05, 3.63) is 45.4 Å². The zero-order valence-electron chi connectivity index (χ0n) is 16.2. The number of nitrogens with one attached hydrogen (secondary N) is 1. The van der Waals surface area contributed by atoms with Crippen molar-refractivity contribution in [1.82, 2.24) is 19.6 Å². The van der Waals surface area contributed by atoms with E-state index in [1.165, 1.54) is 7.11 Å². The van der Waals surface area contributed by atoms with Gasteiger partial charge in [-0.05, 0) is 32.4 Å². The number of aryl methyl sites for hydroxylation is 1. The summed E-state index contributed by atoms with van der Waals surface area (Å²) in [7, 11) is 1.24. The normalized spacial score (nSPS) is 12.9. The Hall–Kier alpha value is -2.53. The first kappa shape index (κ1) is 22.2. The lowest BCUT2D eigenvalue weighted by Crippen LogP contribution is -2.16. The maximum atomic E-state index is 13.1. The molecule has 1 atom stereocenters. The third-order valence-corrected chi connectivity index (χ3v) is 5.82. The summed E-state index contributed by atoms with van der Waals surface area (Å²) in [5, 5.41) is 6.81. The van der Waals surface area contributed by atoms with Crippen LogP contribution in [-0.4, -0.2) is 43.7 Å². The highest BCUT2D eigenvalue weighted by Gasteiger charge is 2.33. The summed E-state index contributed by atoms with van der Waals surface area (Å²) in [4.78, 5) is 27.7. The number of halogens is 4. The second kappa shape index (κ2) is 7.95. The van der Waals surface area contributed by atoms with Crippen molar-refractivity contribution < 1.29 is 27.5 Å². The van der Waals surface area contributed by atoms with Crippen LogP contribution in [0.5, 0.6) is 0 Å². The van der Waals surface area contributed by atoms with E-state index in [2.05, 4.69) is 15.2 Å². The molecule has 0 fully saturated rings. The first-order valence-corrected chi connectivity index (χ1v) is 9.81. The Balaban J connectivity index is 1.94. The first-order valence-electron chi connectivity index (χ1n) is 8.55. The molecule has 0 aromatic carbocycles. The topological polar surface area (TPSA) is 89.4 Å². The minimum absolute atomic E-state index is 0.0479. The highest BCUT2D eigenvalue weighted by Crippen LogP contribution is 2.34. The van der Waals surface area contributed by atoms with Crippen molar-refractivity contribution in [2.45, 2.75) is 37.4 Å². The molecule has 1 unspecified atom stereocenters. The summed E-state index contributed by atoms with van der Waals surface area (Å²) >= 11 is 6.84. The number of ketones is 1. The Morgan fingerprint density at radius 3 is 2.57 bits per heavy atom. The van der Waals surface area contributed by atoms with E-state index in [4.69, 9.17) is 16.3 Å². The number of ether oxygens (including phenoxy) is 1. The molecular weight excluding hydrogens is 445 g/mol. The third kappa shape index (κ3) is 3.91. The van der Waals surface area contributed by atoms with E-state index in [0.29, 0.717) is 11.3 Å². The van der Waals surface area contributed by atoms with Gasteiger partial charge in [-0.2, -0.15) is 13.2 Å². The fourth-order valence-electron chi connectivity index (χ4n) is 2.99. The van der Waals surface area contributed by atoms with Gasteiger partial charge in [0.15, 0.2) is 16.6 Å². The Morgan fingerprint density at radius 2 is 1.97 bits per heavy atom. The predicted octanol–water partition coefficient (Wildman–Crippen LogP) is 4.50. The van der Waals surface area contributed by atoms with Crippen LogP contribution in [0.3, 0.4) is 0 Å². The van der Waals surface area contributed by atoms with E-state index in [1.54, 1.807) is 20.8 Å². The minimum atomic E-state index is -4.60. The first-order chi connectivity index (χ1) is 14.0. The van der Waals surface area contributed by atoms with Crippen molar-refractivity contribution in [3.8, 4) is 0 Å². The van der Waals surface area contributed by atoms with Gasteiger partial charge in [-0.1, -0.05) is 23.4 Å². The van der Waals surface area contributed by atoms with Crippen LogP contribution in [-0.2, 0) is 10.9 Å². The van der Waals surface area contributed by atoms with E-state index in [0.717, 1.165) is 28.4 Å². The van der Waals surface area contributed by atoms with Crippen molar-refractivity contribution in [1.29, 1.82) is 0 Å². The second-order valence-electron chi connectivity index (χ2n) is 6.49. The molecule has 0 aliphatic rings. The van der Waals surface area contributed by atoms with Crippen LogP contribution in [0.25, 0.3) is 5.65 Å². The maximum absolute atomic E-state index is 13.1. The lowest BCUT2D eigenvalue weighted by Gasteiger charge is -2.11. The Bertz CT molecular complexity index is 1160. The van der Waals surface area contributed by atoms with Gasteiger partial charge >= 0.3 is 12.1 Å². The predicted molar refractivity (Wildman–Crippen MR) is 104 cm³/mol. The summed E-state index contributed by atoms with van der Waals surface area (Å²) in [6, 6.07) is 0.772. The number of pyridine rings is 1. The number of aromatic amines is 1. The summed E-state index contributed by atoms with van der Waals surface area (Å²) in [6.07, 6.45) is -3.77. The molecule has 1 N–H and O–H groups in total. The quantitative estimate of drug-likeness (QED) is 0.342. The van der Waals surface area contributed by atoms with Crippen LogP contribution in [0.15, 0.2) is 17.4 Å². The average Bonchev–Trinajstić information content (AvgIpc) is 3.20. The van der Waals surface area contributed by atoms with E-state index >= 15 is 0 Å². The fourth-order valence-corrected chi connectivity index (χ4v) is 4.12. The number of aromatic nitrogens is 4. The lowest BCUT2D eigenvalue weighted by atomic mass is 10.1. The summed E-state index contributed by atoms with van der Waals surface area (Å²) in [6.45, 7) is 4.83. The number of carbonyl (C=O) groups is 2. The van der Waals surface area contributed by atoms with Crippen LogP contribution >= 0.6 is 23.4 Å². The molecule has 3 aromatic heterocycles. The standard InChI is InChI=1S/C18H16ClF3N4O3S/c1-7-12(16(28)29-4)8(2)23-13(7)14(27)9(3)30-17-25-24-15-11(19)5-10(6-26(15)17)18(20,21)22/h5-6,9,23H,1-4H3. The number of H-pyrrole nitrogens is 1. The van der Waals surface area contributed by atoms with Gasteiger partial charge < -0.3 is 9.72 Å². The minimum Gasteiger partial charge on any atom is -0.465 e. The van der Waals surface area contributed by atoms with Gasteiger partial charge in [0.25, 0.3) is 0 Å². The lowest BCUT2D eigenvalue weighted by molar-refractivity contribution is -0.137. The molecule has 3 heterocycles. The van der Waals surface area contributed by atoms with Crippen molar-refractivity contribution >= 4 is 40.8 Å². The number of Topliss-reactive ketones (excluding diaryl/α,β-unsaturated/α-hetero) is 1. The van der Waals surface area contributed by atoms with Gasteiger partial charge in [-0.25, -0.2) is 4.79 Å². The van der Waals surface area contributed by atoms with Crippen molar-refractivity contribution in [3.63, 3.8) is 0 Å². The fraction of sp³-hybridized carbons (Fsp3) is 0.333. The molecule has 0 aliphatic heterocycles. The van der Waals surface area contributed by atoms with Gasteiger partial charge in [-0.15, -0.1) is 10.2 Å². The van der Waals surface area contributed by atoms with Crippen LogP contribution in [0, 0.1) is 13.8 Å². The molecule has 3 rings (SSSR count). The number of hydrogen-bond donors (Lipinski definition) is 1. The molecule has 30 heavy (non-hydrogen) atoms.